The van der Waals surface area contributed by atoms with E-state index in [9.17, 15) is 9.59 Å². The summed E-state index contributed by atoms with van der Waals surface area (Å²) < 4.78 is 0. The van der Waals surface area contributed by atoms with Crippen molar-refractivity contribution in [3.8, 4) is 6.07 Å². The van der Waals surface area contributed by atoms with Crippen LogP contribution in [0.2, 0.25) is 0 Å². The molecule has 102 valence electrons. The average Bonchev–Trinajstić information content (AvgIpc) is 2.75. The Hall–Kier alpha value is -1.52. The number of amides is 1. The number of thiophene rings is 1. The van der Waals surface area contributed by atoms with E-state index in [0.717, 1.165) is 11.8 Å². The van der Waals surface area contributed by atoms with Gasteiger partial charge in [-0.2, -0.15) is 5.26 Å². The van der Waals surface area contributed by atoms with Gasteiger partial charge in [0.2, 0.25) is 5.91 Å². The lowest BCUT2D eigenvalue weighted by Crippen LogP contribution is -2.25. The Bertz CT molecular complexity index is 505. The van der Waals surface area contributed by atoms with Crippen molar-refractivity contribution >= 4 is 40.0 Å². The van der Waals surface area contributed by atoms with E-state index in [1.807, 2.05) is 6.07 Å². The molecule has 0 aliphatic heterocycles. The van der Waals surface area contributed by atoms with Crippen LogP contribution < -0.4 is 5.32 Å². The molecule has 7 heteroatoms. The first kappa shape index (κ1) is 15.5. The summed E-state index contributed by atoms with van der Waals surface area (Å²) in [5.74, 6) is -1.21. The summed E-state index contributed by atoms with van der Waals surface area (Å²) in [6.45, 7) is 3.60. The number of nitrogens with zero attached hydrogens (tertiary/aromatic N) is 1. The average molecular weight is 298 g/mol. The second-order valence-electron chi connectivity index (χ2n) is 4.14. The fraction of sp³-hybridized carbons (Fsp3) is 0.417. The number of hydrogen-bond donors (Lipinski definition) is 2. The van der Waals surface area contributed by atoms with Crippen LogP contribution in [-0.4, -0.2) is 28.0 Å². The van der Waals surface area contributed by atoms with Crippen LogP contribution in [0.1, 0.15) is 19.4 Å². The van der Waals surface area contributed by atoms with Crippen molar-refractivity contribution in [3.05, 3.63) is 17.0 Å². The van der Waals surface area contributed by atoms with E-state index in [-0.39, 0.29) is 17.6 Å². The van der Waals surface area contributed by atoms with Crippen molar-refractivity contribution in [1.82, 2.24) is 0 Å². The van der Waals surface area contributed by atoms with Gasteiger partial charge in [-0.1, -0.05) is 13.8 Å². The van der Waals surface area contributed by atoms with Crippen LogP contribution in [0.3, 0.4) is 0 Å². The number of hydrogen-bond acceptors (Lipinski definition) is 5. The molecule has 0 saturated heterocycles. The maximum atomic E-state index is 11.7. The molecule has 1 aromatic heterocycles. The molecule has 0 radical (unpaired) electrons. The number of anilines is 1. The summed E-state index contributed by atoms with van der Waals surface area (Å²) in [6.07, 6.45) is 0. The van der Waals surface area contributed by atoms with Gasteiger partial charge in [-0.05, 0) is 17.4 Å². The minimum Gasteiger partial charge on any atom is -0.480 e. The number of carboxylic acids is 1. The van der Waals surface area contributed by atoms with Gasteiger partial charge in [-0.25, -0.2) is 0 Å². The molecule has 1 heterocycles. The molecule has 0 bridgehead atoms. The molecule has 0 spiro atoms. The molecular formula is C12H14N2O3S2. The van der Waals surface area contributed by atoms with Gasteiger partial charge in [-0.3, -0.25) is 9.59 Å². The van der Waals surface area contributed by atoms with Crippen molar-refractivity contribution < 1.29 is 14.7 Å². The van der Waals surface area contributed by atoms with Gasteiger partial charge in [0.1, 0.15) is 16.3 Å². The molecule has 1 unspecified atom stereocenters. The monoisotopic (exact) mass is 298 g/mol. The first-order valence-corrected chi connectivity index (χ1v) is 7.50. The summed E-state index contributed by atoms with van der Waals surface area (Å²) >= 11 is 2.36. The lowest BCUT2D eigenvalue weighted by Gasteiger charge is -2.15. The molecule has 0 saturated carbocycles. The zero-order valence-electron chi connectivity index (χ0n) is 10.5. The molecule has 5 nitrogen and oxygen atoms in total. The Balaban J connectivity index is 2.53. The second kappa shape index (κ2) is 7.16. The highest BCUT2D eigenvalue weighted by molar-refractivity contribution is 8.01. The van der Waals surface area contributed by atoms with E-state index in [0.29, 0.717) is 10.6 Å². The Morgan fingerprint density at radius 2 is 2.26 bits per heavy atom. The molecule has 2 N–H and O–H groups in total. The van der Waals surface area contributed by atoms with Gasteiger partial charge in [0, 0.05) is 0 Å². The molecule has 1 atom stereocenters. The standard InChI is InChI=1S/C12H14N2O3S2/c1-7(2)10(12(16)17)19-6-9(15)14-11-8(5-13)3-4-18-11/h3-4,7,10H,6H2,1-2H3,(H,14,15)(H,16,17). The second-order valence-corrected chi connectivity index (χ2v) is 6.18. The van der Waals surface area contributed by atoms with Crippen molar-refractivity contribution in [3.63, 3.8) is 0 Å². The van der Waals surface area contributed by atoms with E-state index >= 15 is 0 Å². The molecule has 1 amide bonds. The number of aliphatic carboxylic acids is 1. The summed E-state index contributed by atoms with van der Waals surface area (Å²) in [6, 6.07) is 3.60. The maximum absolute atomic E-state index is 11.7. The highest BCUT2D eigenvalue weighted by Gasteiger charge is 2.23. The Morgan fingerprint density at radius 1 is 1.58 bits per heavy atom. The predicted octanol–water partition coefficient (Wildman–Crippen LogP) is 2.40. The van der Waals surface area contributed by atoms with Crippen LogP contribution in [0.15, 0.2) is 11.4 Å². The van der Waals surface area contributed by atoms with Gasteiger partial charge in [0.25, 0.3) is 0 Å². The fourth-order valence-electron chi connectivity index (χ4n) is 1.37. The lowest BCUT2D eigenvalue weighted by atomic mass is 10.1. The van der Waals surface area contributed by atoms with Crippen LogP contribution in [0.5, 0.6) is 0 Å². The zero-order valence-corrected chi connectivity index (χ0v) is 12.2. The largest absolute Gasteiger partial charge is 0.480 e. The number of nitrogens with one attached hydrogen (secondary N) is 1. The number of carbonyl (C=O) groups excluding carboxylic acids is 1. The van der Waals surface area contributed by atoms with Crippen LogP contribution in [0.4, 0.5) is 5.00 Å². The maximum Gasteiger partial charge on any atom is 0.316 e. The Labute approximate surface area is 119 Å². The fourth-order valence-corrected chi connectivity index (χ4v) is 3.06. The minimum absolute atomic E-state index is 0.0493. The number of nitriles is 1. The van der Waals surface area contributed by atoms with Crippen molar-refractivity contribution in [2.45, 2.75) is 19.1 Å². The van der Waals surface area contributed by atoms with Crippen molar-refractivity contribution in [2.75, 3.05) is 11.1 Å². The van der Waals surface area contributed by atoms with Crippen LogP contribution in [0.25, 0.3) is 0 Å². The van der Waals surface area contributed by atoms with E-state index in [2.05, 4.69) is 5.32 Å². The molecule has 19 heavy (non-hydrogen) atoms. The third kappa shape index (κ3) is 4.58. The molecule has 0 aliphatic carbocycles. The van der Waals surface area contributed by atoms with E-state index in [1.165, 1.54) is 11.3 Å². The quantitative estimate of drug-likeness (QED) is 0.841. The lowest BCUT2D eigenvalue weighted by molar-refractivity contribution is -0.137. The van der Waals surface area contributed by atoms with Crippen molar-refractivity contribution in [2.24, 2.45) is 5.92 Å². The van der Waals surface area contributed by atoms with Gasteiger partial charge in [-0.15, -0.1) is 23.1 Å². The summed E-state index contributed by atoms with van der Waals surface area (Å²) in [7, 11) is 0. The van der Waals surface area contributed by atoms with Gasteiger partial charge < -0.3 is 10.4 Å². The number of carboxylic acid groups (broad SMARTS) is 1. The highest BCUT2D eigenvalue weighted by atomic mass is 32.2. The van der Waals surface area contributed by atoms with E-state index in [4.69, 9.17) is 10.4 Å². The van der Waals surface area contributed by atoms with Gasteiger partial charge >= 0.3 is 5.97 Å². The van der Waals surface area contributed by atoms with Crippen LogP contribution in [-0.2, 0) is 9.59 Å². The normalized spacial score (nSPS) is 11.9. The predicted molar refractivity (Wildman–Crippen MR) is 76.4 cm³/mol. The Kier molecular flexibility index (Phi) is 5.86. The molecule has 0 fully saturated rings. The SMILES string of the molecule is CC(C)C(SCC(=O)Nc1sccc1C#N)C(=O)O. The number of carbonyl (C=O) groups is 2. The third-order valence-electron chi connectivity index (χ3n) is 2.28. The van der Waals surface area contributed by atoms with E-state index in [1.54, 1.807) is 25.3 Å². The molecule has 0 aromatic carbocycles. The van der Waals surface area contributed by atoms with Gasteiger partial charge in [0.05, 0.1) is 11.3 Å². The molecule has 1 aromatic rings. The summed E-state index contributed by atoms with van der Waals surface area (Å²) in [5.41, 5.74) is 0.419. The number of rotatable bonds is 6. The minimum atomic E-state index is -0.915. The smallest absolute Gasteiger partial charge is 0.316 e. The first-order chi connectivity index (χ1) is 8.95. The highest BCUT2D eigenvalue weighted by Crippen LogP contribution is 2.24. The topological polar surface area (TPSA) is 90.2 Å². The molecule has 1 rings (SSSR count). The summed E-state index contributed by atoms with van der Waals surface area (Å²) in [4.78, 5) is 22.7. The van der Waals surface area contributed by atoms with Crippen LogP contribution >= 0.6 is 23.1 Å². The number of thioether (sulfide) groups is 1. The third-order valence-corrected chi connectivity index (χ3v) is 4.65. The zero-order chi connectivity index (χ0) is 14.4. The molecular weight excluding hydrogens is 284 g/mol. The van der Waals surface area contributed by atoms with Crippen LogP contribution in [0, 0.1) is 17.2 Å². The first-order valence-electron chi connectivity index (χ1n) is 5.57. The van der Waals surface area contributed by atoms with E-state index < -0.39 is 11.2 Å². The molecule has 0 aliphatic rings. The van der Waals surface area contributed by atoms with Gasteiger partial charge in [0.15, 0.2) is 0 Å². The Morgan fingerprint density at radius 3 is 2.79 bits per heavy atom. The van der Waals surface area contributed by atoms with Crippen molar-refractivity contribution in [1.29, 1.82) is 5.26 Å². The summed E-state index contributed by atoms with van der Waals surface area (Å²) in [5, 5.41) is 22.0.